The molecule has 0 aliphatic carbocycles. The van der Waals surface area contributed by atoms with E-state index >= 15 is 0 Å². The quantitative estimate of drug-likeness (QED) is 0.221. The van der Waals surface area contributed by atoms with Gasteiger partial charge in [0.2, 0.25) is 0 Å². The first-order valence-electron chi connectivity index (χ1n) is 13.1. The van der Waals surface area contributed by atoms with Crippen LogP contribution in [0, 0.1) is 0 Å². The van der Waals surface area contributed by atoms with Gasteiger partial charge in [-0.15, -0.1) is 0 Å². The van der Waals surface area contributed by atoms with Gasteiger partial charge in [-0.05, 0) is 78.1 Å². The third kappa shape index (κ3) is 5.51. The predicted octanol–water partition coefficient (Wildman–Crippen LogP) is 8.43. The molecule has 0 bridgehead atoms. The molecule has 4 aromatic carbocycles. The Morgan fingerprint density at radius 1 is 0.821 bits per heavy atom. The van der Waals surface area contributed by atoms with Crippen molar-refractivity contribution in [3.8, 4) is 5.75 Å². The zero-order chi connectivity index (χ0) is 26.8. The Hall–Kier alpha value is -3.80. The van der Waals surface area contributed by atoms with Crippen LogP contribution in [0.1, 0.15) is 47.1 Å². The van der Waals surface area contributed by atoms with Gasteiger partial charge in [0.15, 0.2) is 0 Å². The van der Waals surface area contributed by atoms with Gasteiger partial charge in [0.1, 0.15) is 5.75 Å². The number of nitrogens with zero attached hydrogens (tertiary/aromatic N) is 2. The number of para-hydroxylation sites is 1. The van der Waals surface area contributed by atoms with Crippen molar-refractivity contribution in [2.75, 3.05) is 13.1 Å². The largest absolute Gasteiger partial charge is 0.415 e. The van der Waals surface area contributed by atoms with E-state index in [4.69, 9.17) is 27.9 Å². The number of ether oxygens (including phenoxy) is 1. The van der Waals surface area contributed by atoms with E-state index in [1.807, 2.05) is 42.5 Å². The van der Waals surface area contributed by atoms with E-state index in [2.05, 4.69) is 52.7 Å². The maximum atomic E-state index is 12.7. The number of rotatable bonds is 5. The van der Waals surface area contributed by atoms with Crippen molar-refractivity contribution in [3.05, 3.63) is 129 Å². The highest BCUT2D eigenvalue weighted by atomic mass is 35.5. The standard InChI is InChI=1S/C32H27Cl2N3O2/c33-25-11-6-21(7-12-25)30(22-8-13-26(34)14-9-22)24-10-15-29-28(20-24)31(36-35-29)23-16-18-37(19-17-23)32(38)39-27-4-2-1-3-5-27/h1-15,20,23,30H,16-19H2,(H,35,36). The lowest BCUT2D eigenvalue weighted by Gasteiger charge is -2.31. The molecule has 6 rings (SSSR count). The van der Waals surface area contributed by atoms with E-state index in [0.29, 0.717) is 28.9 Å². The Morgan fingerprint density at radius 3 is 2.03 bits per heavy atom. The zero-order valence-electron chi connectivity index (χ0n) is 21.2. The van der Waals surface area contributed by atoms with Crippen LogP contribution < -0.4 is 4.74 Å². The van der Waals surface area contributed by atoms with Gasteiger partial charge < -0.3 is 9.64 Å². The number of aromatic nitrogens is 2. The predicted molar refractivity (Wildman–Crippen MR) is 156 cm³/mol. The molecule has 1 saturated heterocycles. The fourth-order valence-electron chi connectivity index (χ4n) is 5.43. The summed E-state index contributed by atoms with van der Waals surface area (Å²) in [5.74, 6) is 0.851. The minimum atomic E-state index is -0.301. The number of hydrogen-bond acceptors (Lipinski definition) is 3. The average Bonchev–Trinajstić information content (AvgIpc) is 3.39. The van der Waals surface area contributed by atoms with Crippen molar-refractivity contribution in [2.45, 2.75) is 24.7 Å². The van der Waals surface area contributed by atoms with Crippen LogP contribution in [0.3, 0.4) is 0 Å². The smallest absolute Gasteiger partial charge is 0.410 e. The number of amides is 1. The summed E-state index contributed by atoms with van der Waals surface area (Å²) in [4.78, 5) is 14.5. The molecule has 0 unspecified atom stereocenters. The zero-order valence-corrected chi connectivity index (χ0v) is 22.7. The average molecular weight is 556 g/mol. The summed E-state index contributed by atoms with van der Waals surface area (Å²) < 4.78 is 5.54. The molecule has 196 valence electrons. The third-order valence-corrected chi connectivity index (χ3v) is 7.96. The number of carbonyl (C=O) groups is 1. The normalized spacial score (nSPS) is 14.2. The number of likely N-dealkylation sites (tertiary alicyclic amines) is 1. The molecule has 0 saturated carbocycles. The van der Waals surface area contributed by atoms with Gasteiger partial charge in [-0.2, -0.15) is 5.10 Å². The van der Waals surface area contributed by atoms with E-state index in [0.717, 1.165) is 40.6 Å². The minimum Gasteiger partial charge on any atom is -0.410 e. The maximum absolute atomic E-state index is 12.7. The van der Waals surface area contributed by atoms with Crippen molar-refractivity contribution in [3.63, 3.8) is 0 Å². The van der Waals surface area contributed by atoms with E-state index < -0.39 is 0 Å². The van der Waals surface area contributed by atoms with Gasteiger partial charge in [-0.1, -0.05) is 71.7 Å². The number of halogens is 2. The summed E-state index contributed by atoms with van der Waals surface area (Å²) in [6.07, 6.45) is 1.37. The number of H-pyrrole nitrogens is 1. The Morgan fingerprint density at radius 2 is 1.41 bits per heavy atom. The number of piperidine rings is 1. The maximum Gasteiger partial charge on any atom is 0.415 e. The van der Waals surface area contributed by atoms with Gasteiger partial charge in [0.05, 0.1) is 5.52 Å². The SMILES string of the molecule is O=C(Oc1ccccc1)N1CCC(c2[nH]nc3ccc(C(c4ccc(Cl)cc4)c4ccc(Cl)cc4)cc23)CC1. The highest BCUT2D eigenvalue weighted by Gasteiger charge is 2.28. The number of hydrogen-bond donors (Lipinski definition) is 1. The molecule has 7 heteroatoms. The number of benzene rings is 4. The molecule has 39 heavy (non-hydrogen) atoms. The van der Waals surface area contributed by atoms with Crippen LogP contribution in [0.4, 0.5) is 4.79 Å². The molecule has 1 aliphatic rings. The Bertz CT molecular complexity index is 1530. The van der Waals surface area contributed by atoms with Crippen LogP contribution in [0.15, 0.2) is 97.1 Å². The highest BCUT2D eigenvalue weighted by molar-refractivity contribution is 6.30. The topological polar surface area (TPSA) is 58.2 Å². The molecular formula is C32H27Cl2N3O2. The van der Waals surface area contributed by atoms with Crippen molar-refractivity contribution in [1.82, 2.24) is 15.1 Å². The Labute approximate surface area is 237 Å². The molecule has 0 spiro atoms. The molecular weight excluding hydrogens is 529 g/mol. The lowest BCUT2D eigenvalue weighted by Crippen LogP contribution is -2.39. The Balaban J connectivity index is 1.26. The van der Waals surface area contributed by atoms with Gasteiger partial charge in [0, 0.05) is 46.1 Å². The van der Waals surface area contributed by atoms with Gasteiger partial charge in [0.25, 0.3) is 0 Å². The summed E-state index contributed by atoms with van der Waals surface area (Å²) in [6, 6.07) is 31.7. The molecule has 1 aliphatic heterocycles. The van der Waals surface area contributed by atoms with E-state index in [1.165, 1.54) is 5.56 Å². The van der Waals surface area contributed by atoms with Crippen molar-refractivity contribution in [1.29, 1.82) is 0 Å². The molecule has 1 fully saturated rings. The number of aromatic amines is 1. The lowest BCUT2D eigenvalue weighted by atomic mass is 9.84. The first-order valence-corrected chi connectivity index (χ1v) is 13.8. The fourth-order valence-corrected chi connectivity index (χ4v) is 5.68. The van der Waals surface area contributed by atoms with E-state index in [1.54, 1.807) is 17.0 Å². The van der Waals surface area contributed by atoms with Crippen LogP contribution >= 0.6 is 23.2 Å². The summed E-state index contributed by atoms with van der Waals surface area (Å²) >= 11 is 12.4. The molecule has 1 N–H and O–H groups in total. The molecule has 1 amide bonds. The van der Waals surface area contributed by atoms with Crippen LogP contribution in [-0.4, -0.2) is 34.3 Å². The molecule has 2 heterocycles. The molecule has 1 aromatic heterocycles. The lowest BCUT2D eigenvalue weighted by molar-refractivity contribution is 0.138. The Kier molecular flexibility index (Phi) is 7.27. The van der Waals surface area contributed by atoms with Gasteiger partial charge in [-0.25, -0.2) is 4.79 Å². The minimum absolute atomic E-state index is 0.0151. The van der Waals surface area contributed by atoms with Gasteiger partial charge in [-0.3, -0.25) is 5.10 Å². The van der Waals surface area contributed by atoms with Crippen molar-refractivity contribution >= 4 is 40.2 Å². The van der Waals surface area contributed by atoms with Crippen molar-refractivity contribution in [2.24, 2.45) is 0 Å². The first-order chi connectivity index (χ1) is 19.0. The molecule has 0 radical (unpaired) electrons. The summed E-state index contributed by atoms with van der Waals surface area (Å²) in [5.41, 5.74) is 5.52. The first kappa shape index (κ1) is 25.5. The third-order valence-electron chi connectivity index (χ3n) is 7.46. The molecule has 5 aromatic rings. The summed E-state index contributed by atoms with van der Waals surface area (Å²) in [6.45, 7) is 1.27. The monoisotopic (exact) mass is 555 g/mol. The van der Waals surface area contributed by atoms with Crippen LogP contribution in [0.2, 0.25) is 10.0 Å². The number of nitrogens with one attached hydrogen (secondary N) is 1. The second kappa shape index (κ2) is 11.1. The van der Waals surface area contributed by atoms with Crippen LogP contribution in [0.5, 0.6) is 5.75 Å². The summed E-state index contributed by atoms with van der Waals surface area (Å²) in [7, 11) is 0. The molecule has 0 atom stereocenters. The second-order valence-corrected chi connectivity index (χ2v) is 10.8. The second-order valence-electron chi connectivity index (χ2n) is 9.89. The highest BCUT2D eigenvalue weighted by Crippen LogP contribution is 2.37. The number of fused-ring (bicyclic) bond motifs is 1. The van der Waals surface area contributed by atoms with Gasteiger partial charge >= 0.3 is 6.09 Å². The van der Waals surface area contributed by atoms with Crippen LogP contribution in [0.25, 0.3) is 10.9 Å². The van der Waals surface area contributed by atoms with Crippen LogP contribution in [-0.2, 0) is 0 Å². The molecule has 5 nitrogen and oxygen atoms in total. The van der Waals surface area contributed by atoms with E-state index in [-0.39, 0.29) is 17.9 Å². The van der Waals surface area contributed by atoms with E-state index in [9.17, 15) is 4.79 Å². The summed E-state index contributed by atoms with van der Waals surface area (Å²) in [5, 5.41) is 10.4. The number of carbonyl (C=O) groups excluding carboxylic acids is 1. The van der Waals surface area contributed by atoms with Crippen molar-refractivity contribution < 1.29 is 9.53 Å². The fraction of sp³-hybridized carbons (Fsp3) is 0.188.